The Hall–Kier alpha value is -1.44. The largest absolute Gasteiger partial charge is 0.375 e. The normalized spacial score (nSPS) is 11.0. The first-order chi connectivity index (χ1) is 10.0. The van der Waals surface area contributed by atoms with Crippen LogP contribution in [0.15, 0.2) is 34.1 Å². The van der Waals surface area contributed by atoms with E-state index in [1.807, 2.05) is 23.6 Å². The summed E-state index contributed by atoms with van der Waals surface area (Å²) in [4.78, 5) is 19.5. The summed E-state index contributed by atoms with van der Waals surface area (Å²) in [7, 11) is 1.81. The van der Waals surface area contributed by atoms with Gasteiger partial charge in [0.25, 0.3) is 5.91 Å². The van der Waals surface area contributed by atoms with E-state index < -0.39 is 0 Å². The van der Waals surface area contributed by atoms with Crippen molar-refractivity contribution >= 4 is 59.9 Å². The van der Waals surface area contributed by atoms with Crippen LogP contribution in [0.1, 0.15) is 15.2 Å². The summed E-state index contributed by atoms with van der Waals surface area (Å²) in [5.74, 6) is -0.00612. The van der Waals surface area contributed by atoms with Crippen molar-refractivity contribution in [3.8, 4) is 0 Å². The van der Waals surface area contributed by atoms with Gasteiger partial charge < -0.3 is 10.6 Å². The first kappa shape index (κ1) is 14.5. The summed E-state index contributed by atoms with van der Waals surface area (Å²) < 4.78 is 1.98. The van der Waals surface area contributed by atoms with Crippen LogP contribution in [0.4, 0.5) is 5.13 Å². The molecule has 3 aromatic rings. The zero-order chi connectivity index (χ0) is 15.0. The lowest BCUT2D eigenvalue weighted by Gasteiger charge is -2.16. The lowest BCUT2D eigenvalue weighted by atomic mass is 10.2. The minimum atomic E-state index is -0.00612. The molecular formula is C14H12BrN3OS2. The number of carbonyl (C=O) groups excluding carboxylic acids is 1. The van der Waals surface area contributed by atoms with Gasteiger partial charge in [-0.05, 0) is 40.2 Å². The number of hydrogen-bond donors (Lipinski definition) is 1. The van der Waals surface area contributed by atoms with Crippen molar-refractivity contribution in [3.05, 3.63) is 44.6 Å². The lowest BCUT2D eigenvalue weighted by Crippen LogP contribution is -2.25. The number of nitrogens with two attached hydrogens (primary N) is 1. The molecule has 0 spiro atoms. The predicted octanol–water partition coefficient (Wildman–Crippen LogP) is 3.97. The van der Waals surface area contributed by atoms with Gasteiger partial charge in [-0.25, -0.2) is 4.98 Å². The van der Waals surface area contributed by atoms with E-state index in [0.717, 1.165) is 19.6 Å². The molecule has 4 nitrogen and oxygen atoms in total. The van der Waals surface area contributed by atoms with Crippen molar-refractivity contribution in [1.82, 2.24) is 9.88 Å². The number of thiophene rings is 1. The number of nitrogen functional groups attached to an aromatic ring is 1. The number of halogens is 1. The van der Waals surface area contributed by atoms with E-state index >= 15 is 0 Å². The minimum Gasteiger partial charge on any atom is -0.375 e. The summed E-state index contributed by atoms with van der Waals surface area (Å²) >= 11 is 6.45. The van der Waals surface area contributed by atoms with Crippen molar-refractivity contribution in [2.45, 2.75) is 6.54 Å². The van der Waals surface area contributed by atoms with E-state index in [0.29, 0.717) is 17.2 Å². The molecule has 0 unspecified atom stereocenters. The Morgan fingerprint density at radius 2 is 2.24 bits per heavy atom. The summed E-state index contributed by atoms with van der Waals surface area (Å²) in [6.07, 6.45) is 0. The highest BCUT2D eigenvalue weighted by Gasteiger charge is 2.14. The zero-order valence-electron chi connectivity index (χ0n) is 11.2. The number of hydrogen-bond acceptors (Lipinski definition) is 5. The molecule has 0 fully saturated rings. The van der Waals surface area contributed by atoms with Gasteiger partial charge in [0.1, 0.15) is 0 Å². The van der Waals surface area contributed by atoms with E-state index in [1.165, 1.54) is 11.3 Å². The molecule has 0 aliphatic rings. The number of rotatable bonds is 3. The second-order valence-corrected chi connectivity index (χ2v) is 7.60. The van der Waals surface area contributed by atoms with Gasteiger partial charge in [-0.15, -0.1) is 11.3 Å². The molecule has 3 rings (SSSR count). The van der Waals surface area contributed by atoms with Gasteiger partial charge in [-0.3, -0.25) is 4.79 Å². The molecule has 21 heavy (non-hydrogen) atoms. The van der Waals surface area contributed by atoms with Gasteiger partial charge in [0.05, 0.1) is 16.8 Å². The van der Waals surface area contributed by atoms with Gasteiger partial charge in [0.15, 0.2) is 5.13 Å². The van der Waals surface area contributed by atoms with Crippen LogP contribution in [0, 0.1) is 0 Å². The van der Waals surface area contributed by atoms with Crippen LogP contribution in [0.25, 0.3) is 10.2 Å². The predicted molar refractivity (Wildman–Crippen MR) is 91.8 cm³/mol. The SMILES string of the molecule is CN(Cc1cc(Br)cs1)C(=O)c1ccc2nc(N)sc2c1. The van der Waals surface area contributed by atoms with Crippen LogP contribution in [0.3, 0.4) is 0 Å². The molecule has 0 saturated heterocycles. The molecule has 1 aromatic carbocycles. The quantitative estimate of drug-likeness (QED) is 0.746. The van der Waals surface area contributed by atoms with Crippen LogP contribution in [0.2, 0.25) is 0 Å². The molecule has 2 aromatic heterocycles. The maximum atomic E-state index is 12.5. The van der Waals surface area contributed by atoms with Crippen LogP contribution in [-0.2, 0) is 6.54 Å². The third-order valence-electron chi connectivity index (χ3n) is 3.01. The second kappa shape index (κ2) is 5.75. The van der Waals surface area contributed by atoms with Crippen molar-refractivity contribution in [3.63, 3.8) is 0 Å². The Labute approximate surface area is 138 Å². The Balaban J connectivity index is 1.81. The molecule has 7 heteroatoms. The molecule has 1 amide bonds. The van der Waals surface area contributed by atoms with Crippen molar-refractivity contribution in [2.75, 3.05) is 12.8 Å². The molecule has 0 atom stereocenters. The first-order valence-electron chi connectivity index (χ1n) is 6.17. The summed E-state index contributed by atoms with van der Waals surface area (Å²) in [5.41, 5.74) is 7.18. The van der Waals surface area contributed by atoms with Gasteiger partial charge in [-0.2, -0.15) is 0 Å². The highest BCUT2D eigenvalue weighted by atomic mass is 79.9. The number of aromatic nitrogens is 1. The average molecular weight is 382 g/mol. The van der Waals surface area contributed by atoms with Crippen LogP contribution in [-0.4, -0.2) is 22.8 Å². The van der Waals surface area contributed by atoms with Crippen LogP contribution >= 0.6 is 38.6 Å². The summed E-state index contributed by atoms with van der Waals surface area (Å²) in [6.45, 7) is 0.595. The molecule has 2 heterocycles. The van der Waals surface area contributed by atoms with E-state index in [9.17, 15) is 4.79 Å². The molecule has 108 valence electrons. The third-order valence-corrected chi connectivity index (χ3v) is 5.54. The number of fused-ring (bicyclic) bond motifs is 1. The number of carbonyl (C=O) groups is 1. The highest BCUT2D eigenvalue weighted by Crippen LogP contribution is 2.26. The van der Waals surface area contributed by atoms with E-state index in [2.05, 4.69) is 20.9 Å². The fourth-order valence-electron chi connectivity index (χ4n) is 2.04. The van der Waals surface area contributed by atoms with Crippen LogP contribution < -0.4 is 5.73 Å². The average Bonchev–Trinajstić information content (AvgIpc) is 3.01. The molecule has 2 N–H and O–H groups in total. The Morgan fingerprint density at radius 1 is 1.43 bits per heavy atom. The fraction of sp³-hybridized carbons (Fsp3) is 0.143. The van der Waals surface area contributed by atoms with Crippen molar-refractivity contribution in [1.29, 1.82) is 0 Å². The highest BCUT2D eigenvalue weighted by molar-refractivity contribution is 9.10. The van der Waals surface area contributed by atoms with Crippen molar-refractivity contribution < 1.29 is 4.79 Å². The number of amides is 1. The monoisotopic (exact) mass is 381 g/mol. The minimum absolute atomic E-state index is 0.00612. The van der Waals surface area contributed by atoms with Gasteiger partial charge in [0, 0.05) is 27.3 Å². The molecule has 0 aliphatic heterocycles. The first-order valence-corrected chi connectivity index (χ1v) is 8.66. The number of benzene rings is 1. The Bertz CT molecular complexity index is 812. The van der Waals surface area contributed by atoms with Gasteiger partial charge in [0.2, 0.25) is 0 Å². The molecule has 0 aliphatic carbocycles. The summed E-state index contributed by atoms with van der Waals surface area (Å²) in [6, 6.07) is 7.52. The molecular weight excluding hydrogens is 370 g/mol. The Morgan fingerprint density at radius 3 is 2.95 bits per heavy atom. The van der Waals surface area contributed by atoms with E-state index in [1.54, 1.807) is 29.4 Å². The van der Waals surface area contributed by atoms with Gasteiger partial charge in [-0.1, -0.05) is 11.3 Å². The summed E-state index contributed by atoms with van der Waals surface area (Å²) in [5, 5.41) is 2.53. The maximum absolute atomic E-state index is 12.5. The molecule has 0 bridgehead atoms. The smallest absolute Gasteiger partial charge is 0.253 e. The topological polar surface area (TPSA) is 59.2 Å². The third kappa shape index (κ3) is 3.09. The standard InChI is InChI=1S/C14H12BrN3OS2/c1-18(6-10-5-9(15)7-20-10)13(19)8-2-3-11-12(4-8)21-14(16)17-11/h2-5,7H,6H2,1H3,(H2,16,17). The Kier molecular flexibility index (Phi) is 3.97. The number of nitrogens with zero attached hydrogens (tertiary/aromatic N) is 2. The van der Waals surface area contributed by atoms with E-state index in [4.69, 9.17) is 5.73 Å². The zero-order valence-corrected chi connectivity index (χ0v) is 14.4. The molecule has 0 radical (unpaired) electrons. The van der Waals surface area contributed by atoms with E-state index in [-0.39, 0.29) is 5.91 Å². The number of anilines is 1. The maximum Gasteiger partial charge on any atom is 0.253 e. The fourth-order valence-corrected chi connectivity index (χ4v) is 4.32. The number of thiazole rings is 1. The van der Waals surface area contributed by atoms with Crippen LogP contribution in [0.5, 0.6) is 0 Å². The lowest BCUT2D eigenvalue weighted by molar-refractivity contribution is 0.0786. The second-order valence-electron chi connectivity index (χ2n) is 4.63. The molecule has 0 saturated carbocycles. The van der Waals surface area contributed by atoms with Gasteiger partial charge >= 0.3 is 0 Å². The van der Waals surface area contributed by atoms with Crippen molar-refractivity contribution in [2.24, 2.45) is 0 Å².